The Balaban J connectivity index is 1.57. The third-order valence-corrected chi connectivity index (χ3v) is 6.42. The van der Waals surface area contributed by atoms with E-state index in [2.05, 4.69) is 20.2 Å². The van der Waals surface area contributed by atoms with Crippen molar-refractivity contribution in [3.05, 3.63) is 60.9 Å². The van der Waals surface area contributed by atoms with Crippen molar-refractivity contribution < 1.29 is 17.9 Å². The van der Waals surface area contributed by atoms with Crippen LogP contribution in [0.1, 0.15) is 0 Å². The predicted octanol–water partition coefficient (Wildman–Crippen LogP) is 2.90. The third kappa shape index (κ3) is 4.82. The molecule has 0 aliphatic heterocycles. The van der Waals surface area contributed by atoms with Crippen molar-refractivity contribution in [3.63, 3.8) is 0 Å². The zero-order valence-corrected chi connectivity index (χ0v) is 18.3. The van der Waals surface area contributed by atoms with E-state index in [1.807, 2.05) is 19.0 Å². The Morgan fingerprint density at radius 3 is 2.19 bits per heavy atom. The predicted molar refractivity (Wildman–Crippen MR) is 118 cm³/mol. The molecule has 9 nitrogen and oxygen atoms in total. The van der Waals surface area contributed by atoms with Crippen molar-refractivity contribution in [1.29, 1.82) is 0 Å². The number of hydrogen-bond acceptors (Lipinski definition) is 9. The van der Waals surface area contributed by atoms with Gasteiger partial charge < -0.3 is 14.4 Å². The maximum absolute atomic E-state index is 12.5. The van der Waals surface area contributed by atoms with E-state index in [-0.39, 0.29) is 22.3 Å². The van der Waals surface area contributed by atoms with Gasteiger partial charge in [0.15, 0.2) is 9.84 Å². The summed E-state index contributed by atoms with van der Waals surface area (Å²) in [5.41, 5.74) is 2.31. The lowest BCUT2D eigenvalue weighted by atomic mass is 10.1. The second-order valence-corrected chi connectivity index (χ2v) is 9.50. The van der Waals surface area contributed by atoms with Crippen LogP contribution in [0.4, 0.5) is 0 Å². The van der Waals surface area contributed by atoms with Crippen molar-refractivity contribution in [2.45, 2.75) is 4.90 Å². The summed E-state index contributed by atoms with van der Waals surface area (Å²) >= 11 is 0. The van der Waals surface area contributed by atoms with Gasteiger partial charge in [0, 0.05) is 17.7 Å². The third-order valence-electron chi connectivity index (χ3n) is 4.71. The number of phenols is 1. The van der Waals surface area contributed by atoms with Gasteiger partial charge in [-0.2, -0.15) is 0 Å². The molecule has 0 aliphatic rings. The van der Waals surface area contributed by atoms with Crippen LogP contribution in [0.15, 0.2) is 70.2 Å². The molecule has 0 radical (unpaired) electrons. The molecule has 0 saturated heterocycles. The van der Waals surface area contributed by atoms with Gasteiger partial charge in [-0.05, 0) is 50.5 Å². The maximum Gasteiger partial charge on any atom is 0.268 e. The Morgan fingerprint density at radius 2 is 1.50 bits per heavy atom. The molecule has 4 aromatic rings. The van der Waals surface area contributed by atoms with Crippen LogP contribution in [0.25, 0.3) is 34.3 Å². The minimum atomic E-state index is -3.36. The molecule has 32 heavy (non-hydrogen) atoms. The minimum absolute atomic E-state index is 0.0508. The highest BCUT2D eigenvalue weighted by Gasteiger charge is 2.16. The number of benzene rings is 2. The van der Waals surface area contributed by atoms with Crippen LogP contribution in [0.2, 0.25) is 0 Å². The maximum atomic E-state index is 12.5. The van der Waals surface area contributed by atoms with Gasteiger partial charge >= 0.3 is 0 Å². The second-order valence-electron chi connectivity index (χ2n) is 7.40. The second kappa shape index (κ2) is 8.85. The molecular formula is C22H21N5O4S. The molecule has 0 unspecified atom stereocenters. The number of nitrogens with zero attached hydrogens (tertiary/aromatic N) is 5. The SMILES string of the molecule is CN(C)CCS(=O)(=O)c1ccc(-c2cncc(-c3nnc(-c4ccc(O)cc4)o3)n2)cc1. The van der Waals surface area contributed by atoms with Crippen LogP contribution in [0, 0.1) is 0 Å². The molecule has 0 amide bonds. The summed E-state index contributed by atoms with van der Waals surface area (Å²) in [6, 6.07) is 13.0. The first-order valence-corrected chi connectivity index (χ1v) is 11.4. The number of sulfone groups is 1. The van der Waals surface area contributed by atoms with Gasteiger partial charge in [0.05, 0.1) is 28.7 Å². The highest BCUT2D eigenvalue weighted by molar-refractivity contribution is 7.91. The fraction of sp³-hybridized carbons (Fsp3) is 0.182. The zero-order valence-electron chi connectivity index (χ0n) is 17.5. The highest BCUT2D eigenvalue weighted by Crippen LogP contribution is 2.26. The molecule has 2 heterocycles. The smallest absolute Gasteiger partial charge is 0.268 e. The van der Waals surface area contributed by atoms with E-state index in [4.69, 9.17) is 4.42 Å². The first kappa shape index (κ1) is 21.6. The summed E-state index contributed by atoms with van der Waals surface area (Å²) in [6.45, 7) is 0.452. The molecule has 0 bridgehead atoms. The van der Waals surface area contributed by atoms with E-state index in [0.29, 0.717) is 35.0 Å². The largest absolute Gasteiger partial charge is 0.508 e. The Labute approximate surface area is 185 Å². The summed E-state index contributed by atoms with van der Waals surface area (Å²) in [7, 11) is 0.311. The van der Waals surface area contributed by atoms with Crippen LogP contribution in [-0.2, 0) is 9.84 Å². The Morgan fingerprint density at radius 1 is 0.875 bits per heavy atom. The van der Waals surface area contributed by atoms with Gasteiger partial charge in [0.2, 0.25) is 5.89 Å². The van der Waals surface area contributed by atoms with Gasteiger partial charge in [0.25, 0.3) is 5.89 Å². The molecule has 0 atom stereocenters. The van der Waals surface area contributed by atoms with Gasteiger partial charge in [-0.1, -0.05) is 12.1 Å². The molecule has 2 aromatic carbocycles. The van der Waals surface area contributed by atoms with Gasteiger partial charge in [0.1, 0.15) is 11.4 Å². The lowest BCUT2D eigenvalue weighted by Gasteiger charge is -2.10. The van der Waals surface area contributed by atoms with E-state index in [1.165, 1.54) is 18.3 Å². The zero-order chi connectivity index (χ0) is 22.7. The van der Waals surface area contributed by atoms with E-state index in [0.717, 1.165) is 0 Å². The molecule has 0 fully saturated rings. The lowest BCUT2D eigenvalue weighted by Crippen LogP contribution is -2.21. The van der Waals surface area contributed by atoms with Crippen molar-refractivity contribution in [2.75, 3.05) is 26.4 Å². The van der Waals surface area contributed by atoms with Crippen molar-refractivity contribution >= 4 is 9.84 Å². The summed E-state index contributed by atoms with van der Waals surface area (Å²) in [5.74, 6) is 0.684. The van der Waals surface area contributed by atoms with E-state index < -0.39 is 9.84 Å². The fourth-order valence-corrected chi connectivity index (χ4v) is 4.30. The normalized spacial score (nSPS) is 11.7. The molecule has 164 valence electrons. The van der Waals surface area contributed by atoms with E-state index >= 15 is 0 Å². The Kier molecular flexibility index (Phi) is 5.97. The monoisotopic (exact) mass is 451 g/mol. The van der Waals surface area contributed by atoms with Crippen LogP contribution >= 0.6 is 0 Å². The molecule has 4 rings (SSSR count). The van der Waals surface area contributed by atoms with Crippen molar-refractivity contribution in [2.24, 2.45) is 0 Å². The average Bonchev–Trinajstić information content (AvgIpc) is 3.29. The quantitative estimate of drug-likeness (QED) is 0.452. The molecule has 0 saturated carbocycles. The van der Waals surface area contributed by atoms with Gasteiger partial charge in [-0.3, -0.25) is 4.98 Å². The summed E-state index contributed by atoms with van der Waals surface area (Å²) in [6.07, 6.45) is 3.09. The number of hydrogen-bond donors (Lipinski definition) is 1. The number of aromatic hydroxyl groups is 1. The molecule has 10 heteroatoms. The van der Waals surface area contributed by atoms with Crippen LogP contribution in [0.5, 0.6) is 5.75 Å². The summed E-state index contributed by atoms with van der Waals surface area (Å²) in [5, 5.41) is 17.5. The molecule has 0 spiro atoms. The van der Waals surface area contributed by atoms with Crippen molar-refractivity contribution in [1.82, 2.24) is 25.1 Å². The standard InChI is InChI=1S/C22H21N5O4S/c1-27(2)11-12-32(29,30)18-9-5-15(6-10-18)19-13-23-14-20(24-19)22-26-25-21(31-22)16-3-7-17(28)8-4-16/h3-10,13-14,28H,11-12H2,1-2H3. The Hall–Kier alpha value is -3.63. The van der Waals surface area contributed by atoms with E-state index in [1.54, 1.807) is 42.6 Å². The fourth-order valence-electron chi connectivity index (χ4n) is 2.91. The topological polar surface area (TPSA) is 122 Å². The summed E-state index contributed by atoms with van der Waals surface area (Å²) in [4.78, 5) is 10.8. The average molecular weight is 452 g/mol. The first-order valence-electron chi connectivity index (χ1n) is 9.75. The lowest BCUT2D eigenvalue weighted by molar-refractivity contribution is 0.432. The van der Waals surface area contributed by atoms with Crippen LogP contribution < -0.4 is 0 Å². The molecular weight excluding hydrogens is 430 g/mol. The Bertz CT molecular complexity index is 1320. The molecule has 2 aromatic heterocycles. The van der Waals surface area contributed by atoms with Gasteiger partial charge in [-0.25, -0.2) is 13.4 Å². The first-order chi connectivity index (χ1) is 15.3. The van der Waals surface area contributed by atoms with Gasteiger partial charge in [-0.15, -0.1) is 10.2 Å². The number of aromatic nitrogens is 4. The summed E-state index contributed by atoms with van der Waals surface area (Å²) < 4.78 is 30.6. The van der Waals surface area contributed by atoms with Crippen molar-refractivity contribution in [3.8, 4) is 40.0 Å². The molecule has 1 N–H and O–H groups in total. The molecule has 0 aliphatic carbocycles. The van der Waals surface area contributed by atoms with Crippen LogP contribution in [-0.4, -0.2) is 65.0 Å². The number of rotatable bonds is 7. The number of phenolic OH excluding ortho intramolecular Hbond substituents is 1. The van der Waals surface area contributed by atoms with Crippen LogP contribution in [0.3, 0.4) is 0 Å². The van der Waals surface area contributed by atoms with E-state index in [9.17, 15) is 13.5 Å². The minimum Gasteiger partial charge on any atom is -0.508 e. The highest BCUT2D eigenvalue weighted by atomic mass is 32.2.